The number of fused-ring (bicyclic) bond motifs is 1. The Labute approximate surface area is 161 Å². The van der Waals surface area contributed by atoms with E-state index in [1.165, 1.54) is 0 Å². The Kier molecular flexibility index (Phi) is 4.77. The van der Waals surface area contributed by atoms with Gasteiger partial charge in [0.2, 0.25) is 5.91 Å². The molecular formula is C20H21N5O3. The van der Waals surface area contributed by atoms with E-state index in [0.717, 1.165) is 22.2 Å². The third kappa shape index (κ3) is 3.71. The van der Waals surface area contributed by atoms with Crippen molar-refractivity contribution in [3.63, 3.8) is 0 Å². The van der Waals surface area contributed by atoms with Gasteiger partial charge in [0.15, 0.2) is 0 Å². The minimum Gasteiger partial charge on any atom is -0.481 e. The fourth-order valence-electron chi connectivity index (χ4n) is 3.63. The molecule has 0 atom stereocenters. The van der Waals surface area contributed by atoms with Crippen molar-refractivity contribution in [2.45, 2.75) is 25.7 Å². The van der Waals surface area contributed by atoms with Crippen LogP contribution in [0.15, 0.2) is 36.8 Å². The fourth-order valence-corrected chi connectivity index (χ4v) is 3.63. The molecule has 144 valence electrons. The molecule has 8 nitrogen and oxygen atoms in total. The molecule has 3 heterocycles. The van der Waals surface area contributed by atoms with Gasteiger partial charge in [0.25, 0.3) is 0 Å². The average Bonchev–Trinajstić information content (AvgIpc) is 3.14. The van der Waals surface area contributed by atoms with Crippen LogP contribution in [0.2, 0.25) is 0 Å². The van der Waals surface area contributed by atoms with Crippen molar-refractivity contribution in [3.05, 3.63) is 36.8 Å². The first-order valence-electron chi connectivity index (χ1n) is 9.29. The molecule has 3 aromatic rings. The molecule has 1 fully saturated rings. The van der Waals surface area contributed by atoms with Crippen LogP contribution in [0.1, 0.15) is 25.7 Å². The van der Waals surface area contributed by atoms with E-state index in [4.69, 9.17) is 5.11 Å². The Morgan fingerprint density at radius 2 is 1.89 bits per heavy atom. The van der Waals surface area contributed by atoms with Gasteiger partial charge in [0, 0.05) is 42.4 Å². The van der Waals surface area contributed by atoms with E-state index >= 15 is 0 Å². The Balaban J connectivity index is 1.49. The minimum absolute atomic E-state index is 0.112. The maximum atomic E-state index is 12.5. The zero-order chi connectivity index (χ0) is 19.7. The van der Waals surface area contributed by atoms with Crippen molar-refractivity contribution in [1.29, 1.82) is 0 Å². The van der Waals surface area contributed by atoms with Gasteiger partial charge in [-0.15, -0.1) is 0 Å². The van der Waals surface area contributed by atoms with Gasteiger partial charge in [-0.1, -0.05) is 0 Å². The van der Waals surface area contributed by atoms with Crippen molar-refractivity contribution >= 4 is 28.6 Å². The van der Waals surface area contributed by atoms with Gasteiger partial charge in [-0.3, -0.25) is 14.3 Å². The molecule has 0 saturated heterocycles. The van der Waals surface area contributed by atoms with Crippen LogP contribution in [0.25, 0.3) is 22.2 Å². The molecule has 0 bridgehead atoms. The molecule has 8 heteroatoms. The highest BCUT2D eigenvalue weighted by atomic mass is 16.4. The van der Waals surface area contributed by atoms with Crippen molar-refractivity contribution in [2.75, 3.05) is 5.32 Å². The van der Waals surface area contributed by atoms with Crippen molar-refractivity contribution in [3.8, 4) is 11.3 Å². The molecule has 3 aromatic heterocycles. The normalized spacial score (nSPS) is 19.5. The number of anilines is 1. The number of amides is 1. The second kappa shape index (κ2) is 7.38. The smallest absolute Gasteiger partial charge is 0.306 e. The van der Waals surface area contributed by atoms with Gasteiger partial charge >= 0.3 is 5.97 Å². The lowest BCUT2D eigenvalue weighted by molar-refractivity contribution is -0.143. The zero-order valence-corrected chi connectivity index (χ0v) is 15.5. The lowest BCUT2D eigenvalue weighted by Gasteiger charge is -2.25. The molecule has 2 N–H and O–H groups in total. The highest BCUT2D eigenvalue weighted by molar-refractivity contribution is 5.93. The summed E-state index contributed by atoms with van der Waals surface area (Å²) in [5.41, 5.74) is 2.46. The number of nitrogens with zero attached hydrogens (tertiary/aromatic N) is 4. The van der Waals surface area contributed by atoms with Gasteiger partial charge in [-0.25, -0.2) is 9.97 Å². The summed E-state index contributed by atoms with van der Waals surface area (Å²) in [4.78, 5) is 32.6. The number of carbonyl (C=O) groups excluding carboxylic acids is 1. The largest absolute Gasteiger partial charge is 0.481 e. The van der Waals surface area contributed by atoms with Crippen LogP contribution in [0, 0.1) is 11.8 Å². The molecular weight excluding hydrogens is 358 g/mol. The van der Waals surface area contributed by atoms with Crippen LogP contribution in [-0.2, 0) is 16.6 Å². The first-order chi connectivity index (χ1) is 13.5. The minimum atomic E-state index is -0.773. The van der Waals surface area contributed by atoms with E-state index in [1.807, 2.05) is 25.4 Å². The molecule has 4 rings (SSSR count). The van der Waals surface area contributed by atoms with Crippen LogP contribution in [-0.4, -0.2) is 36.7 Å². The van der Waals surface area contributed by atoms with E-state index in [2.05, 4.69) is 20.4 Å². The van der Waals surface area contributed by atoms with Gasteiger partial charge in [0.05, 0.1) is 23.3 Å². The van der Waals surface area contributed by atoms with Gasteiger partial charge in [-0.05, 0) is 37.8 Å². The quantitative estimate of drug-likeness (QED) is 0.721. The van der Waals surface area contributed by atoms with Crippen molar-refractivity contribution in [2.24, 2.45) is 18.9 Å². The second-order valence-corrected chi connectivity index (χ2v) is 7.24. The number of aliphatic carboxylic acids is 1. The van der Waals surface area contributed by atoms with Crippen molar-refractivity contribution < 1.29 is 14.7 Å². The summed E-state index contributed by atoms with van der Waals surface area (Å²) in [6.45, 7) is 0. The van der Waals surface area contributed by atoms with E-state index in [9.17, 15) is 9.59 Å². The zero-order valence-electron chi connectivity index (χ0n) is 15.5. The number of carbonyl (C=O) groups is 2. The molecule has 0 radical (unpaired) electrons. The molecule has 0 spiro atoms. The Morgan fingerprint density at radius 1 is 1.14 bits per heavy atom. The monoisotopic (exact) mass is 379 g/mol. The first kappa shape index (κ1) is 18.1. The van der Waals surface area contributed by atoms with Gasteiger partial charge < -0.3 is 10.4 Å². The molecule has 1 aliphatic rings. The number of carboxylic acids is 1. The van der Waals surface area contributed by atoms with Gasteiger partial charge in [0.1, 0.15) is 5.82 Å². The fraction of sp³-hybridized carbons (Fsp3) is 0.350. The molecule has 1 saturated carbocycles. The van der Waals surface area contributed by atoms with Crippen LogP contribution in [0.4, 0.5) is 5.82 Å². The number of carboxylic acid groups (broad SMARTS) is 1. The molecule has 1 aliphatic carbocycles. The third-order valence-electron chi connectivity index (χ3n) is 5.27. The first-order valence-corrected chi connectivity index (χ1v) is 9.29. The maximum absolute atomic E-state index is 12.5. The SMILES string of the molecule is Cn1cc(-c2ccc3cnc(NC(=O)[C@H]4CC[C@H](C(=O)O)CC4)cc3n2)cn1. The summed E-state index contributed by atoms with van der Waals surface area (Å²) in [6, 6.07) is 5.62. The maximum Gasteiger partial charge on any atom is 0.306 e. The predicted octanol–water partition coefficient (Wildman–Crippen LogP) is 2.86. The van der Waals surface area contributed by atoms with Crippen LogP contribution in [0.3, 0.4) is 0 Å². The number of rotatable bonds is 4. The molecule has 28 heavy (non-hydrogen) atoms. The molecule has 0 unspecified atom stereocenters. The summed E-state index contributed by atoms with van der Waals surface area (Å²) in [6.07, 6.45) is 7.58. The number of hydrogen-bond donors (Lipinski definition) is 2. The van der Waals surface area contributed by atoms with E-state index < -0.39 is 5.97 Å². The lowest BCUT2D eigenvalue weighted by Crippen LogP contribution is -2.29. The van der Waals surface area contributed by atoms with Gasteiger partial charge in [-0.2, -0.15) is 5.10 Å². The number of pyridine rings is 2. The summed E-state index contributed by atoms with van der Waals surface area (Å²) in [5, 5.41) is 17.0. The highest BCUT2D eigenvalue weighted by Gasteiger charge is 2.29. The standard InChI is InChI=1S/C20H21N5O3/c1-25-11-15(10-22-25)16-7-6-14-9-21-18(8-17(14)23-16)24-19(26)12-2-4-13(5-3-12)20(27)28/h6-13H,2-5H2,1H3,(H,27,28)(H,21,24,26)/t12-,13-. The highest BCUT2D eigenvalue weighted by Crippen LogP contribution is 2.30. The van der Waals surface area contributed by atoms with Crippen LogP contribution >= 0.6 is 0 Å². The molecule has 0 aromatic carbocycles. The summed E-state index contributed by atoms with van der Waals surface area (Å²) >= 11 is 0. The summed E-state index contributed by atoms with van der Waals surface area (Å²) < 4.78 is 1.72. The Bertz CT molecular complexity index is 1040. The van der Waals surface area contributed by atoms with E-state index in [0.29, 0.717) is 31.5 Å². The predicted molar refractivity (Wildman–Crippen MR) is 103 cm³/mol. The number of aromatic nitrogens is 4. The molecule has 1 amide bonds. The number of aryl methyl sites for hydroxylation is 1. The van der Waals surface area contributed by atoms with Crippen LogP contribution in [0.5, 0.6) is 0 Å². The van der Waals surface area contributed by atoms with E-state index in [-0.39, 0.29) is 17.7 Å². The Hall–Kier alpha value is -3.29. The third-order valence-corrected chi connectivity index (χ3v) is 5.27. The number of nitrogens with one attached hydrogen (secondary N) is 1. The van der Waals surface area contributed by atoms with E-state index in [1.54, 1.807) is 23.1 Å². The lowest BCUT2D eigenvalue weighted by atomic mass is 9.81. The van der Waals surface area contributed by atoms with Crippen molar-refractivity contribution in [1.82, 2.24) is 19.7 Å². The topological polar surface area (TPSA) is 110 Å². The number of hydrogen-bond acceptors (Lipinski definition) is 5. The molecule has 0 aliphatic heterocycles. The Morgan fingerprint density at radius 3 is 2.57 bits per heavy atom. The second-order valence-electron chi connectivity index (χ2n) is 7.24. The summed E-state index contributed by atoms with van der Waals surface area (Å²) in [7, 11) is 1.85. The average molecular weight is 379 g/mol. The van der Waals surface area contributed by atoms with Crippen LogP contribution < -0.4 is 5.32 Å². The summed E-state index contributed by atoms with van der Waals surface area (Å²) in [5.74, 6) is -0.945.